The first kappa shape index (κ1) is 13.4. The summed E-state index contributed by atoms with van der Waals surface area (Å²) in [5.74, 6) is -0.0628. The van der Waals surface area contributed by atoms with Crippen LogP contribution in [0.1, 0.15) is 33.6 Å². The molecule has 0 radical (unpaired) electrons. The third kappa shape index (κ3) is 6.86. The van der Waals surface area contributed by atoms with Crippen LogP contribution >= 0.6 is 0 Å². The zero-order valence-electron chi connectivity index (χ0n) is 9.39. The molecule has 0 aromatic heterocycles. The largest absolute Gasteiger partial charge is 0.388 e. The summed E-state index contributed by atoms with van der Waals surface area (Å²) in [6, 6.07) is 0. The van der Waals surface area contributed by atoms with E-state index in [1.54, 1.807) is 6.92 Å². The van der Waals surface area contributed by atoms with Gasteiger partial charge in [0.25, 0.3) is 0 Å². The molecule has 0 aromatic rings. The van der Waals surface area contributed by atoms with Crippen molar-refractivity contribution in [2.75, 3.05) is 19.6 Å². The number of rotatable bonds is 7. The fraction of sp³-hybridized carbons (Fsp3) is 0.900. The Balaban J connectivity index is 3.53. The van der Waals surface area contributed by atoms with Crippen molar-refractivity contribution in [3.63, 3.8) is 0 Å². The third-order valence-electron chi connectivity index (χ3n) is 2.14. The van der Waals surface area contributed by atoms with Crippen LogP contribution in [-0.4, -0.2) is 36.2 Å². The second-order valence-electron chi connectivity index (χ2n) is 3.80. The average molecular weight is 202 g/mol. The smallest absolute Gasteiger partial charge is 0.234 e. The highest BCUT2D eigenvalue weighted by atomic mass is 16.3. The van der Waals surface area contributed by atoms with Crippen molar-refractivity contribution in [3.05, 3.63) is 0 Å². The van der Waals surface area contributed by atoms with Crippen LogP contribution in [0.2, 0.25) is 0 Å². The molecule has 84 valence electrons. The Morgan fingerprint density at radius 1 is 1.43 bits per heavy atom. The number of amides is 1. The number of hydrogen-bond acceptors (Lipinski definition) is 3. The van der Waals surface area contributed by atoms with E-state index in [1.165, 1.54) is 0 Å². The Labute approximate surface area is 86.1 Å². The summed E-state index contributed by atoms with van der Waals surface area (Å²) in [5.41, 5.74) is -0.791. The van der Waals surface area contributed by atoms with Crippen LogP contribution in [0.3, 0.4) is 0 Å². The van der Waals surface area contributed by atoms with E-state index in [1.807, 2.05) is 13.8 Å². The molecule has 1 atom stereocenters. The lowest BCUT2D eigenvalue weighted by Gasteiger charge is -2.21. The van der Waals surface area contributed by atoms with Gasteiger partial charge >= 0.3 is 0 Å². The van der Waals surface area contributed by atoms with Gasteiger partial charge in [0.05, 0.1) is 12.1 Å². The Bertz CT molecular complexity index is 170. The fourth-order valence-corrected chi connectivity index (χ4v) is 0.855. The van der Waals surface area contributed by atoms with Crippen LogP contribution in [0.5, 0.6) is 0 Å². The lowest BCUT2D eigenvalue weighted by atomic mass is 10.0. The molecular formula is C10H22N2O2. The maximum absolute atomic E-state index is 11.2. The first-order valence-corrected chi connectivity index (χ1v) is 5.21. The monoisotopic (exact) mass is 202 g/mol. The van der Waals surface area contributed by atoms with E-state index in [-0.39, 0.29) is 5.91 Å². The van der Waals surface area contributed by atoms with Gasteiger partial charge in [-0.05, 0) is 26.3 Å². The quantitative estimate of drug-likeness (QED) is 0.519. The molecule has 0 rings (SSSR count). The molecule has 0 aromatic carbocycles. The van der Waals surface area contributed by atoms with Crippen molar-refractivity contribution in [2.45, 2.75) is 39.2 Å². The van der Waals surface area contributed by atoms with Crippen LogP contribution in [0.4, 0.5) is 0 Å². The van der Waals surface area contributed by atoms with E-state index < -0.39 is 5.60 Å². The molecule has 0 fully saturated rings. The average Bonchev–Trinajstić information content (AvgIpc) is 2.16. The molecule has 0 heterocycles. The van der Waals surface area contributed by atoms with Crippen LogP contribution in [-0.2, 0) is 4.79 Å². The summed E-state index contributed by atoms with van der Waals surface area (Å²) >= 11 is 0. The summed E-state index contributed by atoms with van der Waals surface area (Å²) < 4.78 is 0. The number of nitrogens with one attached hydrogen (secondary N) is 2. The van der Waals surface area contributed by atoms with Gasteiger partial charge in [0, 0.05) is 6.54 Å². The molecule has 0 aliphatic rings. The Morgan fingerprint density at radius 2 is 2.07 bits per heavy atom. The topological polar surface area (TPSA) is 61.4 Å². The number of carbonyl (C=O) groups excluding carboxylic acids is 1. The second-order valence-corrected chi connectivity index (χ2v) is 3.80. The third-order valence-corrected chi connectivity index (χ3v) is 2.14. The normalized spacial score (nSPS) is 14.9. The molecule has 3 N–H and O–H groups in total. The maximum Gasteiger partial charge on any atom is 0.234 e. The highest BCUT2D eigenvalue weighted by molar-refractivity contribution is 5.78. The van der Waals surface area contributed by atoms with Crippen molar-refractivity contribution >= 4 is 5.91 Å². The highest BCUT2D eigenvalue weighted by Gasteiger charge is 2.17. The summed E-state index contributed by atoms with van der Waals surface area (Å²) in [4.78, 5) is 11.2. The van der Waals surface area contributed by atoms with Gasteiger partial charge in [-0.1, -0.05) is 13.8 Å². The standard InChI is InChI=1S/C10H22N2O2/c1-4-6-11-7-9(13)12-8-10(3,14)5-2/h11,14H,4-8H2,1-3H3,(H,12,13). The molecular weight excluding hydrogens is 180 g/mol. The minimum Gasteiger partial charge on any atom is -0.388 e. The van der Waals surface area contributed by atoms with E-state index in [2.05, 4.69) is 10.6 Å². The lowest BCUT2D eigenvalue weighted by Crippen LogP contribution is -2.43. The van der Waals surface area contributed by atoms with Gasteiger partial charge in [0.15, 0.2) is 0 Å². The molecule has 0 aliphatic heterocycles. The number of aliphatic hydroxyl groups is 1. The van der Waals surface area contributed by atoms with E-state index in [9.17, 15) is 9.90 Å². The Morgan fingerprint density at radius 3 is 2.57 bits per heavy atom. The molecule has 0 saturated carbocycles. The molecule has 0 bridgehead atoms. The van der Waals surface area contributed by atoms with Gasteiger partial charge in [-0.2, -0.15) is 0 Å². The van der Waals surface area contributed by atoms with Crippen molar-refractivity contribution < 1.29 is 9.90 Å². The first-order chi connectivity index (χ1) is 6.52. The Hall–Kier alpha value is -0.610. The number of hydrogen-bond donors (Lipinski definition) is 3. The predicted molar refractivity (Wildman–Crippen MR) is 57.1 cm³/mol. The SMILES string of the molecule is CCCNCC(=O)NCC(C)(O)CC. The fourth-order valence-electron chi connectivity index (χ4n) is 0.855. The molecule has 1 amide bonds. The van der Waals surface area contributed by atoms with Crippen molar-refractivity contribution in [1.29, 1.82) is 0 Å². The van der Waals surface area contributed by atoms with E-state index in [0.29, 0.717) is 19.5 Å². The minimum absolute atomic E-state index is 0.0628. The van der Waals surface area contributed by atoms with Crippen molar-refractivity contribution in [2.24, 2.45) is 0 Å². The van der Waals surface area contributed by atoms with E-state index in [4.69, 9.17) is 0 Å². The molecule has 1 unspecified atom stereocenters. The maximum atomic E-state index is 11.2. The minimum atomic E-state index is -0.791. The van der Waals surface area contributed by atoms with Crippen LogP contribution < -0.4 is 10.6 Å². The van der Waals surface area contributed by atoms with Crippen molar-refractivity contribution in [1.82, 2.24) is 10.6 Å². The Kier molecular flexibility index (Phi) is 6.49. The molecule has 0 spiro atoms. The summed E-state index contributed by atoms with van der Waals surface area (Å²) in [5, 5.41) is 15.3. The lowest BCUT2D eigenvalue weighted by molar-refractivity contribution is -0.121. The number of carbonyl (C=O) groups is 1. The van der Waals surface area contributed by atoms with Gasteiger partial charge in [0.1, 0.15) is 0 Å². The van der Waals surface area contributed by atoms with Crippen LogP contribution in [0, 0.1) is 0 Å². The van der Waals surface area contributed by atoms with Gasteiger partial charge < -0.3 is 15.7 Å². The van der Waals surface area contributed by atoms with Gasteiger partial charge in [-0.25, -0.2) is 0 Å². The molecule has 14 heavy (non-hydrogen) atoms. The molecule has 4 nitrogen and oxygen atoms in total. The van der Waals surface area contributed by atoms with Crippen LogP contribution in [0.15, 0.2) is 0 Å². The van der Waals surface area contributed by atoms with Gasteiger partial charge in [0.2, 0.25) is 5.91 Å². The van der Waals surface area contributed by atoms with E-state index in [0.717, 1.165) is 13.0 Å². The summed E-state index contributed by atoms with van der Waals surface area (Å²) in [7, 11) is 0. The van der Waals surface area contributed by atoms with Gasteiger partial charge in [-0.15, -0.1) is 0 Å². The zero-order valence-corrected chi connectivity index (χ0v) is 9.39. The summed E-state index contributed by atoms with van der Waals surface area (Å²) in [6.45, 7) is 7.14. The first-order valence-electron chi connectivity index (χ1n) is 5.21. The molecule has 4 heteroatoms. The molecule has 0 saturated heterocycles. The zero-order chi connectivity index (χ0) is 11.0. The summed E-state index contributed by atoms with van der Waals surface area (Å²) in [6.07, 6.45) is 1.65. The van der Waals surface area contributed by atoms with Crippen molar-refractivity contribution in [3.8, 4) is 0 Å². The highest BCUT2D eigenvalue weighted by Crippen LogP contribution is 2.05. The van der Waals surface area contributed by atoms with E-state index >= 15 is 0 Å². The van der Waals surface area contributed by atoms with Gasteiger partial charge in [-0.3, -0.25) is 4.79 Å². The predicted octanol–water partition coefficient (Wildman–Crippen LogP) is 0.263. The second kappa shape index (κ2) is 6.79. The molecule has 0 aliphatic carbocycles. The van der Waals surface area contributed by atoms with Crippen LogP contribution in [0.25, 0.3) is 0 Å².